The molecule has 0 aromatic carbocycles. The fourth-order valence-electron chi connectivity index (χ4n) is 3.80. The van der Waals surface area contributed by atoms with Crippen molar-refractivity contribution in [1.29, 1.82) is 0 Å². The van der Waals surface area contributed by atoms with E-state index < -0.39 is 0 Å². The van der Waals surface area contributed by atoms with E-state index in [1.54, 1.807) is 5.57 Å². The molecule has 4 heteroatoms. The maximum absolute atomic E-state index is 3.58. The van der Waals surface area contributed by atoms with Crippen LogP contribution in [0.4, 0.5) is 0 Å². The normalized spacial score (nSPS) is 21.6. The Hall–Kier alpha value is 0.604. The predicted octanol–water partition coefficient (Wildman–Crippen LogP) is 1.69. The second-order valence-electron chi connectivity index (χ2n) is 9.60. The van der Waals surface area contributed by atoms with E-state index >= 15 is 0 Å². The van der Waals surface area contributed by atoms with Crippen LogP contribution in [0, 0.1) is 16.9 Å². The first-order chi connectivity index (χ1) is 11.6. The number of hydrogen-bond donors (Lipinski definition) is 0. The fourth-order valence-corrected chi connectivity index (χ4v) is 5.60. The average molecular weight is 476 g/mol. The third-order valence-corrected chi connectivity index (χ3v) is 6.81. The first kappa shape index (κ1) is 30.8. The van der Waals surface area contributed by atoms with Crippen LogP contribution < -0.4 is 24.8 Å². The molecule has 0 aromatic heterocycles. The summed E-state index contributed by atoms with van der Waals surface area (Å²) in [6.45, 7) is 16.5. The first-order valence-corrected chi connectivity index (χ1v) is 10.9. The van der Waals surface area contributed by atoms with Crippen molar-refractivity contribution in [3.63, 3.8) is 0 Å². The summed E-state index contributed by atoms with van der Waals surface area (Å²) >= 11 is 2.20. The summed E-state index contributed by atoms with van der Waals surface area (Å²) in [5.41, 5.74) is 4.95. The second kappa shape index (κ2) is 12.5. The van der Waals surface area contributed by atoms with Gasteiger partial charge < -0.3 is 24.8 Å². The minimum absolute atomic E-state index is 0. The summed E-state index contributed by atoms with van der Waals surface area (Å²) in [6.07, 6.45) is 19.0. The van der Waals surface area contributed by atoms with Crippen molar-refractivity contribution in [2.75, 3.05) is 5.75 Å². The molecular weight excluding hydrogens is 439 g/mol. The van der Waals surface area contributed by atoms with Crippen molar-refractivity contribution in [3.05, 3.63) is 47.1 Å². The summed E-state index contributed by atoms with van der Waals surface area (Å²) < 4.78 is 0.194. The summed E-state index contributed by atoms with van der Waals surface area (Å²) in [7, 11) is 0. The van der Waals surface area contributed by atoms with Gasteiger partial charge in [0.05, 0.1) is 0 Å². The molecule has 0 aromatic rings. The molecule has 0 aliphatic heterocycles. The van der Waals surface area contributed by atoms with Crippen molar-refractivity contribution < 1.29 is 46.5 Å². The number of rotatable bonds is 6. The second-order valence-corrected chi connectivity index (χ2v) is 11.1. The Kier molecular flexibility index (Phi) is 13.7. The molecule has 2 aliphatic rings. The van der Waals surface area contributed by atoms with Crippen LogP contribution >= 0.6 is 11.8 Å². The average Bonchev–Trinajstić information content (AvgIpc) is 2.98. The van der Waals surface area contributed by atoms with Gasteiger partial charge in [0.2, 0.25) is 0 Å². The molecule has 0 amide bonds. The van der Waals surface area contributed by atoms with Gasteiger partial charge in [-0.1, -0.05) is 67.0 Å². The molecule has 0 nitrogen and oxygen atoms in total. The molecule has 2 rings (SSSR count). The summed E-state index contributed by atoms with van der Waals surface area (Å²) in [5.74, 6) is 1.25. The van der Waals surface area contributed by atoms with Gasteiger partial charge in [0.25, 0.3) is 0 Å². The van der Waals surface area contributed by atoms with Crippen LogP contribution in [0.3, 0.4) is 0 Å². The number of halogens is 2. The zero-order valence-corrected chi connectivity index (χ0v) is 22.6. The number of unbranched alkanes of at least 4 members (excludes halogenated alkanes) is 1. The molecule has 157 valence electrons. The fraction of sp³-hybridized carbons (Fsp3) is 0.667. The number of allylic oxidation sites excluding steroid dienone is 7. The van der Waals surface area contributed by atoms with Gasteiger partial charge in [-0.3, -0.25) is 6.08 Å². The molecule has 0 saturated carbocycles. The Morgan fingerprint density at radius 3 is 2.18 bits per heavy atom. The van der Waals surface area contributed by atoms with Crippen molar-refractivity contribution in [3.8, 4) is 0 Å². The van der Waals surface area contributed by atoms with Gasteiger partial charge >= 0.3 is 21.7 Å². The van der Waals surface area contributed by atoms with E-state index in [0.717, 1.165) is 19.3 Å². The van der Waals surface area contributed by atoms with Crippen molar-refractivity contribution in [2.24, 2.45) is 10.8 Å². The smallest absolute Gasteiger partial charge is 1.00 e. The van der Waals surface area contributed by atoms with Crippen LogP contribution in [0.15, 0.2) is 41.0 Å². The van der Waals surface area contributed by atoms with Gasteiger partial charge in [0.1, 0.15) is 0 Å². The van der Waals surface area contributed by atoms with E-state index in [1.807, 2.05) is 0 Å². The first-order valence-electron chi connectivity index (χ1n) is 9.92. The largest absolute Gasteiger partial charge is 3.00 e. The molecule has 0 bridgehead atoms. The number of hydrogen-bond acceptors (Lipinski definition) is 1. The van der Waals surface area contributed by atoms with E-state index in [-0.39, 0.29) is 62.1 Å². The molecule has 28 heavy (non-hydrogen) atoms. The van der Waals surface area contributed by atoms with Crippen molar-refractivity contribution >= 4 is 11.8 Å². The van der Waals surface area contributed by atoms with Crippen molar-refractivity contribution in [1.82, 2.24) is 0 Å². The molecule has 0 fully saturated rings. The Bertz CT molecular complexity index is 603. The molecule has 0 N–H and O–H groups in total. The Labute approximate surface area is 206 Å². The van der Waals surface area contributed by atoms with Crippen LogP contribution in [0.2, 0.25) is 0 Å². The van der Waals surface area contributed by atoms with Gasteiger partial charge in [-0.15, -0.1) is 6.42 Å². The van der Waals surface area contributed by atoms with Gasteiger partial charge in [-0.25, -0.2) is 11.6 Å². The zero-order valence-electron chi connectivity index (χ0n) is 18.7. The Morgan fingerprint density at radius 2 is 1.71 bits per heavy atom. The Balaban J connectivity index is 0. The van der Waals surface area contributed by atoms with E-state index in [9.17, 15) is 0 Å². The third kappa shape index (κ3) is 8.03. The number of thioether (sulfide) groups is 1. The third-order valence-electron chi connectivity index (χ3n) is 5.23. The molecule has 1 unspecified atom stereocenters. The van der Waals surface area contributed by atoms with E-state index in [4.69, 9.17) is 0 Å². The zero-order chi connectivity index (χ0) is 18.7. The quantitative estimate of drug-likeness (QED) is 0.320. The van der Waals surface area contributed by atoms with E-state index in [0.29, 0.717) is 0 Å². The predicted molar refractivity (Wildman–Crippen MR) is 115 cm³/mol. The van der Waals surface area contributed by atoms with Gasteiger partial charge in [-0.05, 0) is 47.0 Å². The van der Waals surface area contributed by atoms with E-state index in [1.165, 1.54) is 29.7 Å². The SMILES string of the molecule is CCCCSC1(CC2=[C-]CC=C2)CC=C(C(C)(C)C)C=C1C(C)(C)C.[Cl-].[Cl-].[Ti+3]. The van der Waals surface area contributed by atoms with Crippen LogP contribution in [-0.2, 0) is 21.7 Å². The topological polar surface area (TPSA) is 0 Å². The molecular formula is C24H37Cl2STi. The summed E-state index contributed by atoms with van der Waals surface area (Å²) in [4.78, 5) is 0. The van der Waals surface area contributed by atoms with Crippen LogP contribution in [0.25, 0.3) is 0 Å². The summed E-state index contributed by atoms with van der Waals surface area (Å²) in [5, 5.41) is 0. The maximum atomic E-state index is 3.58. The molecule has 0 spiro atoms. The van der Waals surface area contributed by atoms with Crippen molar-refractivity contribution in [2.45, 2.75) is 85.3 Å². The molecule has 1 radical (unpaired) electrons. The van der Waals surface area contributed by atoms with Gasteiger partial charge in [0.15, 0.2) is 0 Å². The van der Waals surface area contributed by atoms with Crippen LogP contribution in [-0.4, -0.2) is 10.5 Å². The molecule has 1 atom stereocenters. The maximum Gasteiger partial charge on any atom is 3.00 e. The molecule has 0 saturated heterocycles. The van der Waals surface area contributed by atoms with Gasteiger partial charge in [-0.2, -0.15) is 17.8 Å². The summed E-state index contributed by atoms with van der Waals surface area (Å²) in [6, 6.07) is 0. The van der Waals surface area contributed by atoms with Gasteiger partial charge in [0, 0.05) is 4.75 Å². The molecule has 0 heterocycles. The van der Waals surface area contributed by atoms with Crippen LogP contribution in [0.1, 0.15) is 80.6 Å². The van der Waals surface area contributed by atoms with E-state index in [2.05, 4.69) is 90.6 Å². The Morgan fingerprint density at radius 1 is 1.07 bits per heavy atom. The van der Waals surface area contributed by atoms with Crippen LogP contribution in [0.5, 0.6) is 0 Å². The molecule has 2 aliphatic carbocycles. The minimum atomic E-state index is 0. The minimum Gasteiger partial charge on any atom is -1.00 e. The monoisotopic (exact) mass is 475 g/mol. The standard InChI is InChI=1S/C24H37S.2ClH.Ti/c1-8-9-16-25-24(18-19-12-10-11-13-19)15-14-20(22(2,3)4)17-21(24)23(5,6)7;;;/h10,12,14,17H,8-9,11,15-16,18H2,1-7H3;2*1H;/q-1;;;+3/p-2.